The monoisotopic (exact) mass is 536 g/mol. The molecule has 9 nitrogen and oxygen atoms in total. The topological polar surface area (TPSA) is 100 Å². The van der Waals surface area contributed by atoms with E-state index in [1.54, 1.807) is 0 Å². The van der Waals surface area contributed by atoms with E-state index in [0.29, 0.717) is 25.0 Å². The predicted octanol–water partition coefficient (Wildman–Crippen LogP) is 5.44. The number of fused-ring (bicyclic) bond motifs is 4. The summed E-state index contributed by atoms with van der Waals surface area (Å²) >= 11 is 0. The van der Waals surface area contributed by atoms with Gasteiger partial charge >= 0.3 is 0 Å². The number of hydrogen-bond donors (Lipinski definition) is 1. The van der Waals surface area contributed by atoms with Crippen LogP contribution in [0.4, 0.5) is 0 Å². The molecule has 6 rings (SSSR count). The molecule has 1 aliphatic heterocycles. The molecular formula is C30H44N6O3. The Morgan fingerprint density at radius 3 is 2.59 bits per heavy atom. The zero-order chi connectivity index (χ0) is 27.2. The number of nitrogens with zero attached hydrogens (tertiary/aromatic N) is 5. The highest BCUT2D eigenvalue weighted by molar-refractivity contribution is 5.83. The fourth-order valence-corrected chi connectivity index (χ4v) is 7.47. The van der Waals surface area contributed by atoms with Gasteiger partial charge in [-0.3, -0.25) is 0 Å². The van der Waals surface area contributed by atoms with Crippen molar-refractivity contribution in [3.63, 3.8) is 0 Å². The smallest absolute Gasteiger partial charge is 0.184 e. The summed E-state index contributed by atoms with van der Waals surface area (Å²) in [6, 6.07) is 0.222. The molecule has 212 valence electrons. The van der Waals surface area contributed by atoms with E-state index in [9.17, 15) is 0 Å². The van der Waals surface area contributed by atoms with Crippen LogP contribution in [0.25, 0.3) is 22.6 Å². The summed E-state index contributed by atoms with van der Waals surface area (Å²) in [6.45, 7) is 11.1. The Bertz CT molecular complexity index is 1330. The number of nitrogens with one attached hydrogen (secondary N) is 1. The van der Waals surface area contributed by atoms with Crippen LogP contribution in [0.3, 0.4) is 0 Å². The third kappa shape index (κ3) is 4.23. The van der Waals surface area contributed by atoms with E-state index < -0.39 is 5.79 Å². The van der Waals surface area contributed by atoms with Crippen LogP contribution in [-0.4, -0.2) is 57.5 Å². The molecular weight excluding hydrogens is 492 g/mol. The van der Waals surface area contributed by atoms with Gasteiger partial charge in [0.2, 0.25) is 0 Å². The molecule has 0 bridgehead atoms. The maximum absolute atomic E-state index is 6.38. The summed E-state index contributed by atoms with van der Waals surface area (Å²) in [4.78, 5) is 10.2. The lowest BCUT2D eigenvalue weighted by Crippen LogP contribution is -2.56. The third-order valence-corrected chi connectivity index (χ3v) is 9.74. The van der Waals surface area contributed by atoms with Crippen LogP contribution in [0.15, 0.2) is 4.52 Å². The summed E-state index contributed by atoms with van der Waals surface area (Å²) < 4.78 is 21.2. The van der Waals surface area contributed by atoms with Gasteiger partial charge in [0, 0.05) is 12.0 Å². The molecule has 3 aliphatic rings. The van der Waals surface area contributed by atoms with Crippen molar-refractivity contribution in [3.8, 4) is 11.5 Å². The maximum Gasteiger partial charge on any atom is 0.184 e. The van der Waals surface area contributed by atoms with Gasteiger partial charge in [0.25, 0.3) is 0 Å². The molecule has 4 heterocycles. The molecule has 3 aromatic heterocycles. The number of rotatable bonds is 8. The Labute approximate surface area is 231 Å². The summed E-state index contributed by atoms with van der Waals surface area (Å²) in [7, 11) is 2.01. The van der Waals surface area contributed by atoms with Crippen LogP contribution in [0.2, 0.25) is 0 Å². The minimum Gasteiger partial charge on any atom is -0.360 e. The van der Waals surface area contributed by atoms with Gasteiger partial charge in [-0.25, -0.2) is 14.6 Å². The second-order valence-electron chi connectivity index (χ2n) is 12.0. The van der Waals surface area contributed by atoms with E-state index in [4.69, 9.17) is 29.1 Å². The first-order valence-electron chi connectivity index (χ1n) is 15.1. The minimum absolute atomic E-state index is 0.222. The summed E-state index contributed by atoms with van der Waals surface area (Å²) in [5.41, 5.74) is 4.54. The molecule has 3 aromatic rings. The van der Waals surface area contributed by atoms with Crippen LogP contribution in [0, 0.1) is 12.8 Å². The fraction of sp³-hybridized carbons (Fsp3) is 0.733. The zero-order valence-electron chi connectivity index (χ0n) is 24.3. The average molecular weight is 537 g/mol. The molecule has 39 heavy (non-hydrogen) atoms. The van der Waals surface area contributed by atoms with Gasteiger partial charge in [-0.05, 0) is 84.7 Å². The van der Waals surface area contributed by atoms with Crippen LogP contribution >= 0.6 is 0 Å². The molecule has 0 aromatic carbocycles. The summed E-state index contributed by atoms with van der Waals surface area (Å²) in [6.07, 6.45) is 10.3. The second kappa shape index (κ2) is 10.6. The van der Waals surface area contributed by atoms with Gasteiger partial charge in [-0.1, -0.05) is 25.4 Å². The van der Waals surface area contributed by atoms with Gasteiger partial charge in [0.05, 0.1) is 41.4 Å². The predicted molar refractivity (Wildman–Crippen MR) is 150 cm³/mol. The van der Waals surface area contributed by atoms with Crippen molar-refractivity contribution < 1.29 is 14.0 Å². The fourth-order valence-electron chi connectivity index (χ4n) is 7.47. The van der Waals surface area contributed by atoms with E-state index in [-0.39, 0.29) is 11.5 Å². The molecule has 2 fully saturated rings. The summed E-state index contributed by atoms with van der Waals surface area (Å²) in [5.74, 6) is 1.46. The number of aromatic nitrogens is 5. The van der Waals surface area contributed by atoms with Gasteiger partial charge in [-0.2, -0.15) is 5.10 Å². The number of aryl methyl sites for hydroxylation is 2. The van der Waals surface area contributed by atoms with Gasteiger partial charge in [0.1, 0.15) is 0 Å². The zero-order valence-corrected chi connectivity index (χ0v) is 24.3. The van der Waals surface area contributed by atoms with Crippen molar-refractivity contribution in [2.75, 3.05) is 26.8 Å². The molecule has 1 N–H and O–H groups in total. The molecule has 2 aliphatic carbocycles. The van der Waals surface area contributed by atoms with Gasteiger partial charge in [-0.15, -0.1) is 0 Å². The van der Waals surface area contributed by atoms with Crippen LogP contribution < -0.4 is 5.32 Å². The Kier molecular flexibility index (Phi) is 7.27. The molecule has 9 heteroatoms. The number of hydrogen-bond acceptors (Lipinski definition) is 8. The maximum atomic E-state index is 6.38. The highest BCUT2D eigenvalue weighted by atomic mass is 16.7. The van der Waals surface area contributed by atoms with Gasteiger partial charge < -0.3 is 19.3 Å². The highest BCUT2D eigenvalue weighted by Gasteiger charge is 2.61. The largest absolute Gasteiger partial charge is 0.360 e. The first-order chi connectivity index (χ1) is 18.9. The standard InChI is InChI=1S/C30H44N6O3/c1-6-23-24-20(3)32-27(33-28(24)36(34-23)21(4)19(2)11-10-16-31-5)25-22-12-9-14-29(26(22)39-35-25)13-7-8-15-30(29)37-17-18-38-30/h19,21,31H,6-18H2,1-5H3/t19-,21-,29-/m0/s1. The lowest BCUT2D eigenvalue weighted by molar-refractivity contribution is -0.235. The number of ether oxygens (including phenoxy) is 2. The van der Waals surface area contributed by atoms with Crippen LogP contribution in [0.5, 0.6) is 0 Å². The van der Waals surface area contributed by atoms with Crippen molar-refractivity contribution in [3.05, 3.63) is 22.7 Å². The van der Waals surface area contributed by atoms with Crippen molar-refractivity contribution in [1.82, 2.24) is 30.2 Å². The van der Waals surface area contributed by atoms with Crippen LogP contribution in [0.1, 0.15) is 101 Å². The Morgan fingerprint density at radius 2 is 1.82 bits per heavy atom. The minimum atomic E-state index is -0.592. The van der Waals surface area contributed by atoms with Crippen LogP contribution in [-0.2, 0) is 27.7 Å². The molecule has 0 unspecified atom stereocenters. The van der Waals surface area contributed by atoms with E-state index >= 15 is 0 Å². The quantitative estimate of drug-likeness (QED) is 0.380. The van der Waals surface area contributed by atoms with E-state index in [0.717, 1.165) is 110 Å². The lowest BCUT2D eigenvalue weighted by atomic mass is 9.61. The van der Waals surface area contributed by atoms with Crippen molar-refractivity contribution in [2.45, 2.75) is 109 Å². The molecule has 0 radical (unpaired) electrons. The first kappa shape index (κ1) is 26.8. The molecule has 1 saturated carbocycles. The second-order valence-corrected chi connectivity index (χ2v) is 12.0. The van der Waals surface area contributed by atoms with Crippen molar-refractivity contribution in [1.29, 1.82) is 0 Å². The Hall–Kier alpha value is -2.36. The van der Waals surface area contributed by atoms with E-state index in [1.165, 1.54) is 0 Å². The molecule has 3 atom stereocenters. The first-order valence-corrected chi connectivity index (χ1v) is 15.1. The van der Waals surface area contributed by atoms with Crippen molar-refractivity contribution in [2.24, 2.45) is 5.92 Å². The SMILES string of the molecule is CCc1nn([C@@H](C)[C@@H](C)CCCNC)c2nc(-c3noc4c3CCC[C@@]43CCCCC34OCCO4)nc(C)c12. The van der Waals surface area contributed by atoms with E-state index in [1.807, 2.05) is 7.05 Å². The third-order valence-electron chi connectivity index (χ3n) is 9.74. The Balaban J connectivity index is 1.43. The van der Waals surface area contributed by atoms with Gasteiger partial charge in [0.15, 0.2) is 28.7 Å². The average Bonchev–Trinajstić information content (AvgIpc) is 3.68. The Morgan fingerprint density at radius 1 is 1.05 bits per heavy atom. The highest BCUT2D eigenvalue weighted by Crippen LogP contribution is 2.57. The summed E-state index contributed by atoms with van der Waals surface area (Å²) in [5, 5.41) is 14.1. The normalized spacial score (nSPS) is 24.0. The van der Waals surface area contributed by atoms with Crippen molar-refractivity contribution >= 4 is 11.0 Å². The van der Waals surface area contributed by atoms with E-state index in [2.05, 4.69) is 42.9 Å². The molecule has 0 amide bonds. The molecule has 1 saturated heterocycles. The molecule has 2 spiro atoms. The lowest BCUT2D eigenvalue weighted by Gasteiger charge is -2.50.